The van der Waals surface area contributed by atoms with Gasteiger partial charge in [-0.1, -0.05) is 80.6 Å². The molecule has 1 heterocycles. The van der Waals surface area contributed by atoms with Gasteiger partial charge in [0.25, 0.3) is 0 Å². The van der Waals surface area contributed by atoms with Crippen LogP contribution in [0.4, 0.5) is 4.39 Å². The molecular formula is C38H40FN2NaO6S. The fraction of sp³-hybridized carbons (Fsp3) is 0.289. The number of hydrogen-bond acceptors (Lipinski definition) is 6. The van der Waals surface area contributed by atoms with E-state index >= 15 is 0 Å². The van der Waals surface area contributed by atoms with Crippen molar-refractivity contribution in [3.8, 4) is 22.4 Å². The number of aliphatic hydroxyl groups excluding tert-OH is 2. The third-order valence-electron chi connectivity index (χ3n) is 8.51. The van der Waals surface area contributed by atoms with Crippen LogP contribution in [0.5, 0.6) is 0 Å². The van der Waals surface area contributed by atoms with Crippen LogP contribution in [0.25, 0.3) is 33.2 Å². The SMILES string of the molecule is CC(C)c1c(S(=O)(=O)N(C)Cc2ccccc2)c(-c2ccc3ccccc3c2)c(-c2ccc(F)cc2)n1CC[C@@H](O)C[C@@H](O)CC(=O)[O-].[Na+]. The Kier molecular flexibility index (Phi) is 13.0. The number of carboxylic acid groups (broad SMARTS) is 1. The van der Waals surface area contributed by atoms with Crippen molar-refractivity contribution >= 4 is 26.8 Å². The molecule has 2 N–H and O–H groups in total. The average Bonchev–Trinajstić information content (AvgIpc) is 3.40. The zero-order valence-electron chi connectivity index (χ0n) is 28.2. The number of sulfonamides is 1. The quantitative estimate of drug-likeness (QED) is 0.173. The van der Waals surface area contributed by atoms with Crippen molar-refractivity contribution < 1.29 is 62.5 Å². The van der Waals surface area contributed by atoms with Gasteiger partial charge in [0.15, 0.2) is 0 Å². The van der Waals surface area contributed by atoms with Gasteiger partial charge in [-0.2, -0.15) is 4.31 Å². The second-order valence-corrected chi connectivity index (χ2v) is 14.4. The molecular weight excluding hydrogens is 654 g/mol. The largest absolute Gasteiger partial charge is 1.00 e. The molecule has 4 aromatic carbocycles. The van der Waals surface area contributed by atoms with Crippen LogP contribution < -0.4 is 34.7 Å². The van der Waals surface area contributed by atoms with Gasteiger partial charge >= 0.3 is 29.6 Å². The molecule has 0 unspecified atom stereocenters. The zero-order chi connectivity index (χ0) is 34.6. The fourth-order valence-corrected chi connectivity index (χ4v) is 7.98. The number of halogens is 1. The van der Waals surface area contributed by atoms with E-state index in [1.54, 1.807) is 19.2 Å². The van der Waals surface area contributed by atoms with E-state index < -0.39 is 40.4 Å². The number of aromatic nitrogens is 1. The van der Waals surface area contributed by atoms with Crippen LogP contribution in [-0.4, -0.2) is 52.7 Å². The van der Waals surface area contributed by atoms with Crippen LogP contribution in [-0.2, 0) is 27.9 Å². The molecule has 49 heavy (non-hydrogen) atoms. The number of nitrogens with zero attached hydrogens (tertiary/aromatic N) is 2. The summed E-state index contributed by atoms with van der Waals surface area (Å²) < 4.78 is 47.2. The summed E-state index contributed by atoms with van der Waals surface area (Å²) in [7, 11) is -2.62. The molecule has 11 heteroatoms. The molecule has 5 rings (SSSR count). The summed E-state index contributed by atoms with van der Waals surface area (Å²) in [6.45, 7) is 4.07. The predicted molar refractivity (Wildman–Crippen MR) is 183 cm³/mol. The summed E-state index contributed by atoms with van der Waals surface area (Å²) in [5.41, 5.74) is 3.58. The first-order chi connectivity index (χ1) is 22.9. The van der Waals surface area contributed by atoms with Crippen LogP contribution in [0.1, 0.15) is 50.3 Å². The molecule has 252 valence electrons. The van der Waals surface area contributed by atoms with E-state index in [0.29, 0.717) is 28.1 Å². The molecule has 2 atom stereocenters. The topological polar surface area (TPSA) is 123 Å². The Morgan fingerprint density at radius 3 is 2.12 bits per heavy atom. The molecule has 0 amide bonds. The van der Waals surface area contributed by atoms with E-state index in [1.807, 2.05) is 91.2 Å². The van der Waals surface area contributed by atoms with Crippen LogP contribution in [0.2, 0.25) is 0 Å². The summed E-state index contributed by atoms with van der Waals surface area (Å²) in [4.78, 5) is 11.1. The van der Waals surface area contributed by atoms with Gasteiger partial charge < -0.3 is 24.7 Å². The first kappa shape index (κ1) is 38.5. The van der Waals surface area contributed by atoms with Gasteiger partial charge in [0.2, 0.25) is 10.0 Å². The number of fused-ring (bicyclic) bond motifs is 1. The van der Waals surface area contributed by atoms with Gasteiger partial charge in [-0.05, 0) is 76.6 Å². The number of carboxylic acids is 1. The molecule has 5 aromatic rings. The maximum Gasteiger partial charge on any atom is 1.00 e. The summed E-state index contributed by atoms with van der Waals surface area (Å²) in [5, 5.41) is 33.9. The molecule has 8 nitrogen and oxygen atoms in total. The molecule has 0 aliphatic carbocycles. The second kappa shape index (κ2) is 16.6. The third kappa shape index (κ3) is 8.88. The Morgan fingerprint density at radius 1 is 0.878 bits per heavy atom. The first-order valence-electron chi connectivity index (χ1n) is 15.9. The Bertz CT molecular complexity index is 2000. The monoisotopic (exact) mass is 694 g/mol. The standard InChI is InChI=1S/C38H41FN2O6S.Na/c1-25(2)36-38(48(46,47)40(3)24-26-9-5-4-6-10-26)35(30-14-13-27-11-7-8-12-29(27)21-30)37(28-15-17-31(39)18-16-28)41(36)20-19-32(42)22-33(43)23-34(44)45;/h4-18,21,25,32-33,42-43H,19-20,22-24H2,1-3H3,(H,44,45);/q;+1/p-1/t32-,33-;/m1./s1. The van der Waals surface area contributed by atoms with Crippen LogP contribution in [0.15, 0.2) is 102 Å². The molecule has 0 spiro atoms. The van der Waals surface area contributed by atoms with Crippen LogP contribution in [0.3, 0.4) is 0 Å². The summed E-state index contributed by atoms with van der Waals surface area (Å²) >= 11 is 0. The molecule has 0 aliphatic rings. The van der Waals surface area contributed by atoms with E-state index in [9.17, 15) is 32.9 Å². The van der Waals surface area contributed by atoms with Crippen molar-refractivity contribution in [2.45, 2.75) is 69.2 Å². The minimum absolute atomic E-state index is 0. The Labute approximate surface area is 309 Å². The molecule has 0 aliphatic heterocycles. The molecule has 0 fully saturated rings. The smallest absolute Gasteiger partial charge is 0.550 e. The third-order valence-corrected chi connectivity index (χ3v) is 10.4. The molecule has 0 saturated heterocycles. The van der Waals surface area contributed by atoms with Crippen molar-refractivity contribution in [3.63, 3.8) is 0 Å². The molecule has 0 saturated carbocycles. The number of hydrogen-bond donors (Lipinski definition) is 2. The van der Waals surface area contributed by atoms with Gasteiger partial charge in [0.1, 0.15) is 10.7 Å². The molecule has 0 radical (unpaired) electrons. The minimum atomic E-state index is -4.17. The van der Waals surface area contributed by atoms with Crippen LogP contribution >= 0.6 is 0 Å². The number of benzene rings is 4. The van der Waals surface area contributed by atoms with Gasteiger partial charge in [-0.3, -0.25) is 0 Å². The van der Waals surface area contributed by atoms with E-state index in [2.05, 4.69) is 0 Å². The number of aliphatic carboxylic acids is 1. The molecule has 1 aromatic heterocycles. The zero-order valence-corrected chi connectivity index (χ0v) is 31.0. The number of carbonyl (C=O) groups is 1. The van der Waals surface area contributed by atoms with E-state index in [-0.39, 0.29) is 66.3 Å². The Balaban J connectivity index is 0.00000541. The Hall–Kier alpha value is -3.35. The first-order valence-corrected chi connectivity index (χ1v) is 17.4. The van der Waals surface area contributed by atoms with Gasteiger partial charge in [0.05, 0.1) is 17.9 Å². The maximum atomic E-state index is 14.9. The van der Waals surface area contributed by atoms with E-state index in [4.69, 9.17) is 0 Å². The van der Waals surface area contributed by atoms with Crippen LogP contribution in [0, 0.1) is 5.82 Å². The van der Waals surface area contributed by atoms with Gasteiger partial charge in [-0.25, -0.2) is 12.8 Å². The normalized spacial score (nSPS) is 13.1. The van der Waals surface area contributed by atoms with Gasteiger partial charge in [-0.15, -0.1) is 0 Å². The van der Waals surface area contributed by atoms with Crippen molar-refractivity contribution in [3.05, 3.63) is 114 Å². The minimum Gasteiger partial charge on any atom is -0.550 e. The number of carbonyl (C=O) groups excluding carboxylic acids is 1. The average molecular weight is 695 g/mol. The second-order valence-electron chi connectivity index (χ2n) is 12.5. The van der Waals surface area contributed by atoms with Crippen molar-refractivity contribution in [2.24, 2.45) is 0 Å². The van der Waals surface area contributed by atoms with Crippen molar-refractivity contribution in [1.82, 2.24) is 8.87 Å². The number of rotatable bonds is 14. The summed E-state index contributed by atoms with van der Waals surface area (Å²) in [6, 6.07) is 28.8. The van der Waals surface area contributed by atoms with E-state index in [1.165, 1.54) is 16.4 Å². The molecule has 0 bridgehead atoms. The predicted octanol–water partition coefficient (Wildman–Crippen LogP) is 2.70. The van der Waals surface area contributed by atoms with E-state index in [0.717, 1.165) is 16.3 Å². The Morgan fingerprint density at radius 2 is 1.49 bits per heavy atom. The summed E-state index contributed by atoms with van der Waals surface area (Å²) in [6.07, 6.45) is -3.11. The van der Waals surface area contributed by atoms with Crippen molar-refractivity contribution in [2.75, 3.05) is 7.05 Å². The van der Waals surface area contributed by atoms with Gasteiger partial charge in [0, 0.05) is 43.8 Å². The number of aliphatic hydroxyl groups is 2. The summed E-state index contributed by atoms with van der Waals surface area (Å²) in [5.74, 6) is -2.18. The van der Waals surface area contributed by atoms with Crippen molar-refractivity contribution in [1.29, 1.82) is 0 Å². The fourth-order valence-electron chi connectivity index (χ4n) is 6.27. The maximum absolute atomic E-state index is 14.9.